The summed E-state index contributed by atoms with van der Waals surface area (Å²) < 4.78 is 0. The average Bonchev–Trinajstić information content (AvgIpc) is 2.19. The highest BCUT2D eigenvalue weighted by molar-refractivity contribution is 5.77. The lowest BCUT2D eigenvalue weighted by Gasteiger charge is -2.31. The van der Waals surface area contributed by atoms with Crippen molar-refractivity contribution >= 4 is 5.97 Å². The topological polar surface area (TPSA) is 55.8 Å². The van der Waals surface area contributed by atoms with E-state index in [2.05, 4.69) is 6.92 Å². The molecule has 0 rings (SSSR count). The minimum atomic E-state index is -1.22. The molecule has 0 atom stereocenters. The quantitative estimate of drug-likeness (QED) is 0.516. The van der Waals surface area contributed by atoms with Crippen LogP contribution in [0.1, 0.15) is 60.3 Å². The molecular formula is C12H24O4. The SMILES string of the molecule is CCCC(C)(C)OOC(CC)(CC)C(=O)O. The van der Waals surface area contributed by atoms with E-state index in [-0.39, 0.29) is 0 Å². The van der Waals surface area contributed by atoms with Crippen LogP contribution in [0.25, 0.3) is 0 Å². The molecular weight excluding hydrogens is 208 g/mol. The van der Waals surface area contributed by atoms with E-state index in [1.807, 2.05) is 13.8 Å². The highest BCUT2D eigenvalue weighted by Gasteiger charge is 2.39. The van der Waals surface area contributed by atoms with Crippen LogP contribution in [-0.2, 0) is 14.6 Å². The summed E-state index contributed by atoms with van der Waals surface area (Å²) in [6.07, 6.45) is 2.58. The maximum atomic E-state index is 11.2. The van der Waals surface area contributed by atoms with Crippen LogP contribution in [0, 0.1) is 0 Å². The first-order valence-corrected chi connectivity index (χ1v) is 5.93. The molecule has 4 heteroatoms. The first-order valence-electron chi connectivity index (χ1n) is 5.93. The molecule has 0 spiro atoms. The number of carbonyl (C=O) groups is 1. The van der Waals surface area contributed by atoms with E-state index in [4.69, 9.17) is 14.9 Å². The summed E-state index contributed by atoms with van der Waals surface area (Å²) in [5, 5.41) is 9.15. The molecule has 1 N–H and O–H groups in total. The third-order valence-corrected chi connectivity index (χ3v) is 2.81. The van der Waals surface area contributed by atoms with Gasteiger partial charge >= 0.3 is 5.97 Å². The van der Waals surface area contributed by atoms with Gasteiger partial charge < -0.3 is 5.11 Å². The van der Waals surface area contributed by atoms with Gasteiger partial charge in [-0.05, 0) is 33.1 Å². The first kappa shape index (κ1) is 15.4. The Bertz CT molecular complexity index is 219. The minimum Gasteiger partial charge on any atom is -0.479 e. The van der Waals surface area contributed by atoms with Gasteiger partial charge in [0.1, 0.15) is 0 Å². The summed E-state index contributed by atoms with van der Waals surface area (Å²) in [5.41, 5.74) is -1.66. The van der Waals surface area contributed by atoms with E-state index in [0.29, 0.717) is 12.8 Å². The van der Waals surface area contributed by atoms with Gasteiger partial charge in [-0.2, -0.15) is 0 Å². The van der Waals surface area contributed by atoms with Crippen molar-refractivity contribution in [3.8, 4) is 0 Å². The van der Waals surface area contributed by atoms with Crippen LogP contribution in [0.5, 0.6) is 0 Å². The van der Waals surface area contributed by atoms with Crippen LogP contribution in [0.4, 0.5) is 0 Å². The molecule has 96 valence electrons. The lowest BCUT2D eigenvalue weighted by Crippen LogP contribution is -2.43. The summed E-state index contributed by atoms with van der Waals surface area (Å²) in [6.45, 7) is 9.42. The minimum absolute atomic E-state index is 0.390. The van der Waals surface area contributed by atoms with E-state index in [1.165, 1.54) is 0 Å². The van der Waals surface area contributed by atoms with Gasteiger partial charge in [0.25, 0.3) is 0 Å². The second-order valence-corrected chi connectivity index (χ2v) is 4.68. The molecule has 0 aromatic carbocycles. The zero-order chi connectivity index (χ0) is 12.8. The number of aliphatic carboxylic acids is 1. The van der Waals surface area contributed by atoms with Crippen LogP contribution in [-0.4, -0.2) is 22.3 Å². The van der Waals surface area contributed by atoms with Crippen molar-refractivity contribution in [1.29, 1.82) is 0 Å². The molecule has 0 aromatic heterocycles. The molecule has 16 heavy (non-hydrogen) atoms. The highest BCUT2D eigenvalue weighted by Crippen LogP contribution is 2.26. The maximum Gasteiger partial charge on any atom is 0.339 e. The lowest BCUT2D eigenvalue weighted by molar-refractivity contribution is -0.402. The van der Waals surface area contributed by atoms with Gasteiger partial charge in [0, 0.05) is 0 Å². The van der Waals surface area contributed by atoms with E-state index in [0.717, 1.165) is 12.8 Å². The Kier molecular flexibility index (Phi) is 5.97. The van der Waals surface area contributed by atoms with Gasteiger partial charge in [0.05, 0.1) is 5.60 Å². The summed E-state index contributed by atoms with van der Waals surface area (Å²) in [7, 11) is 0. The fourth-order valence-corrected chi connectivity index (χ4v) is 1.54. The van der Waals surface area contributed by atoms with Crippen LogP contribution < -0.4 is 0 Å². The van der Waals surface area contributed by atoms with Gasteiger partial charge in [-0.15, -0.1) is 0 Å². The fourth-order valence-electron chi connectivity index (χ4n) is 1.54. The highest BCUT2D eigenvalue weighted by atomic mass is 17.2. The molecule has 0 aliphatic heterocycles. The van der Waals surface area contributed by atoms with E-state index in [9.17, 15) is 4.79 Å². The second kappa shape index (κ2) is 6.21. The number of hydrogen-bond acceptors (Lipinski definition) is 3. The fraction of sp³-hybridized carbons (Fsp3) is 0.917. The normalized spacial score (nSPS) is 12.8. The number of carboxylic acids is 1. The van der Waals surface area contributed by atoms with Gasteiger partial charge in [0.2, 0.25) is 0 Å². The summed E-state index contributed by atoms with van der Waals surface area (Å²) in [6, 6.07) is 0. The molecule has 0 aliphatic carbocycles. The summed E-state index contributed by atoms with van der Waals surface area (Å²) in [4.78, 5) is 21.7. The maximum absolute atomic E-state index is 11.2. The zero-order valence-electron chi connectivity index (χ0n) is 11.0. The Hall–Kier alpha value is -0.610. The van der Waals surface area contributed by atoms with Gasteiger partial charge in [-0.3, -0.25) is 0 Å². The number of hydrogen-bond donors (Lipinski definition) is 1. The molecule has 0 unspecified atom stereocenters. The molecule has 4 nitrogen and oxygen atoms in total. The van der Waals surface area contributed by atoms with Crippen molar-refractivity contribution in [2.45, 2.75) is 71.5 Å². The van der Waals surface area contributed by atoms with E-state index in [1.54, 1.807) is 13.8 Å². The molecule has 0 saturated heterocycles. The predicted octanol–water partition coefficient (Wildman–Crippen LogP) is 3.16. The monoisotopic (exact) mass is 232 g/mol. The Morgan fingerprint density at radius 2 is 1.62 bits per heavy atom. The zero-order valence-corrected chi connectivity index (χ0v) is 11.0. The molecule has 0 amide bonds. The first-order chi connectivity index (χ1) is 7.33. The summed E-state index contributed by atoms with van der Waals surface area (Å²) in [5.74, 6) is -0.968. The molecule has 0 heterocycles. The number of rotatable bonds is 8. The molecule has 0 radical (unpaired) electrons. The van der Waals surface area contributed by atoms with Gasteiger partial charge in [-0.25, -0.2) is 14.6 Å². The van der Waals surface area contributed by atoms with Crippen LogP contribution >= 0.6 is 0 Å². The molecule has 0 bridgehead atoms. The summed E-state index contributed by atoms with van der Waals surface area (Å²) >= 11 is 0. The van der Waals surface area contributed by atoms with Gasteiger partial charge in [-0.1, -0.05) is 27.2 Å². The lowest BCUT2D eigenvalue weighted by atomic mass is 9.98. The Morgan fingerprint density at radius 3 is 1.94 bits per heavy atom. The van der Waals surface area contributed by atoms with Crippen molar-refractivity contribution in [3.63, 3.8) is 0 Å². The molecule has 0 aliphatic rings. The third kappa shape index (κ3) is 4.10. The largest absolute Gasteiger partial charge is 0.479 e. The van der Waals surface area contributed by atoms with Crippen molar-refractivity contribution in [2.75, 3.05) is 0 Å². The van der Waals surface area contributed by atoms with Gasteiger partial charge in [0.15, 0.2) is 5.60 Å². The third-order valence-electron chi connectivity index (χ3n) is 2.81. The van der Waals surface area contributed by atoms with Crippen molar-refractivity contribution < 1.29 is 19.7 Å². The van der Waals surface area contributed by atoms with Crippen molar-refractivity contribution in [1.82, 2.24) is 0 Å². The standard InChI is InChI=1S/C12H24O4/c1-6-9-11(4,5)15-16-12(7-2,8-3)10(13)14/h6-9H2,1-5H3,(H,13,14). The van der Waals surface area contributed by atoms with Crippen molar-refractivity contribution in [3.05, 3.63) is 0 Å². The Balaban J connectivity index is 4.49. The predicted molar refractivity (Wildman–Crippen MR) is 62.1 cm³/mol. The number of carboxylic acid groups (broad SMARTS) is 1. The average molecular weight is 232 g/mol. The van der Waals surface area contributed by atoms with Crippen LogP contribution in [0.15, 0.2) is 0 Å². The Morgan fingerprint density at radius 1 is 1.12 bits per heavy atom. The second-order valence-electron chi connectivity index (χ2n) is 4.68. The molecule has 0 saturated carbocycles. The molecule has 0 fully saturated rings. The van der Waals surface area contributed by atoms with Crippen molar-refractivity contribution in [2.24, 2.45) is 0 Å². The van der Waals surface area contributed by atoms with E-state index >= 15 is 0 Å². The smallest absolute Gasteiger partial charge is 0.339 e. The van der Waals surface area contributed by atoms with E-state index < -0.39 is 17.2 Å². The molecule has 0 aromatic rings. The Labute approximate surface area is 97.9 Å². The van der Waals surface area contributed by atoms with Crippen LogP contribution in [0.3, 0.4) is 0 Å². The van der Waals surface area contributed by atoms with Crippen LogP contribution in [0.2, 0.25) is 0 Å².